The van der Waals surface area contributed by atoms with Gasteiger partial charge in [-0.3, -0.25) is 4.90 Å². The lowest BCUT2D eigenvalue weighted by atomic mass is 9.85. The maximum atomic E-state index is 15.3. The number of ether oxygens (including phenoxy) is 3. The lowest BCUT2D eigenvalue weighted by Crippen LogP contribution is -2.58. The summed E-state index contributed by atoms with van der Waals surface area (Å²) >= 11 is 0. The molecule has 9 nitrogen and oxygen atoms in total. The highest BCUT2D eigenvalue weighted by molar-refractivity contribution is 5.51. The number of fused-ring (bicyclic) bond motifs is 3. The molecule has 1 aromatic rings. The molecule has 2 aliphatic heterocycles. The van der Waals surface area contributed by atoms with Crippen LogP contribution >= 0.6 is 0 Å². The first-order valence-electron chi connectivity index (χ1n) is 9.85. The second-order valence-electron chi connectivity index (χ2n) is 8.83. The molecule has 1 fully saturated rings. The number of benzene rings is 1. The summed E-state index contributed by atoms with van der Waals surface area (Å²) in [4.78, 5) is 2.23. The molecule has 3 rings (SSSR count). The van der Waals surface area contributed by atoms with Gasteiger partial charge < -0.3 is 39.7 Å². The molecule has 10 heteroatoms. The van der Waals surface area contributed by atoms with E-state index < -0.39 is 23.5 Å². The summed E-state index contributed by atoms with van der Waals surface area (Å²) in [6, 6.07) is 1.48. The van der Waals surface area contributed by atoms with Crippen LogP contribution < -0.4 is 9.47 Å². The molecule has 2 atom stereocenters. The van der Waals surface area contributed by atoms with Gasteiger partial charge in [-0.2, -0.15) is 0 Å². The lowest BCUT2D eigenvalue weighted by molar-refractivity contribution is -0.502. The molecule has 2 unspecified atom stereocenters. The molecule has 5 N–H and O–H groups in total. The molecule has 0 saturated carbocycles. The average molecular weight is 431 g/mol. The lowest BCUT2D eigenvalue weighted by Gasteiger charge is -2.45. The first kappa shape index (κ1) is 23.1. The Morgan fingerprint density at radius 2 is 1.77 bits per heavy atom. The Balaban J connectivity index is 1.91. The fourth-order valence-corrected chi connectivity index (χ4v) is 4.13. The Morgan fingerprint density at radius 3 is 2.33 bits per heavy atom. The minimum atomic E-state index is -4.04. The molecule has 0 spiro atoms. The van der Waals surface area contributed by atoms with Crippen LogP contribution in [0.25, 0.3) is 0 Å². The number of nitrogens with zero attached hydrogens (tertiary/aromatic N) is 1. The summed E-state index contributed by atoms with van der Waals surface area (Å²) < 4.78 is 31.1. The van der Waals surface area contributed by atoms with Gasteiger partial charge in [-0.1, -0.05) is 0 Å². The quantitative estimate of drug-likeness (QED) is 0.419. The normalized spacial score (nSPS) is 23.0. The van der Waals surface area contributed by atoms with E-state index in [1.807, 2.05) is 20.8 Å². The molecule has 2 heterocycles. The first-order chi connectivity index (χ1) is 13.7. The summed E-state index contributed by atoms with van der Waals surface area (Å²) in [5, 5.41) is 46.4. The number of piperidine rings is 1. The minimum Gasteiger partial charge on any atom is -0.493 e. The SMILES string of the molecule is COc1cc2c(c(F)c1OC(O)(O)C(O)(O)O)CCN1CC(OC(C)(C)C)CCC21. The topological polar surface area (TPSA) is 132 Å². The highest BCUT2D eigenvalue weighted by Gasteiger charge is 2.51. The Hall–Kier alpha value is -1.53. The van der Waals surface area contributed by atoms with E-state index in [1.165, 1.54) is 7.11 Å². The van der Waals surface area contributed by atoms with E-state index in [1.54, 1.807) is 6.07 Å². The predicted octanol–water partition coefficient (Wildman–Crippen LogP) is 0.359. The van der Waals surface area contributed by atoms with Crippen LogP contribution in [-0.2, 0) is 11.2 Å². The van der Waals surface area contributed by atoms with Gasteiger partial charge in [0.25, 0.3) is 0 Å². The van der Waals surface area contributed by atoms with Crippen LogP contribution in [0.4, 0.5) is 4.39 Å². The number of hydrogen-bond acceptors (Lipinski definition) is 9. The number of methoxy groups -OCH3 is 1. The van der Waals surface area contributed by atoms with Crippen LogP contribution in [0.1, 0.15) is 50.8 Å². The molecule has 30 heavy (non-hydrogen) atoms. The van der Waals surface area contributed by atoms with Crippen molar-refractivity contribution in [2.24, 2.45) is 0 Å². The largest absolute Gasteiger partial charge is 0.493 e. The summed E-state index contributed by atoms with van der Waals surface area (Å²) in [6.45, 7) is 7.30. The van der Waals surface area contributed by atoms with Gasteiger partial charge in [0, 0.05) is 19.1 Å². The van der Waals surface area contributed by atoms with Crippen molar-refractivity contribution in [3.8, 4) is 11.5 Å². The van der Waals surface area contributed by atoms with Crippen LogP contribution in [0.2, 0.25) is 0 Å². The van der Waals surface area contributed by atoms with Gasteiger partial charge in [-0.25, -0.2) is 4.39 Å². The van der Waals surface area contributed by atoms with Crippen molar-refractivity contribution in [1.29, 1.82) is 0 Å². The fourth-order valence-electron chi connectivity index (χ4n) is 4.13. The molecule has 0 aliphatic carbocycles. The highest BCUT2D eigenvalue weighted by atomic mass is 19.1. The van der Waals surface area contributed by atoms with Crippen LogP contribution in [0.5, 0.6) is 11.5 Å². The molecule has 1 aromatic carbocycles. The number of hydrogen-bond donors (Lipinski definition) is 5. The number of halogens is 1. The van der Waals surface area contributed by atoms with E-state index in [-0.39, 0.29) is 23.5 Å². The summed E-state index contributed by atoms with van der Waals surface area (Å²) in [5.74, 6) is -9.73. The van der Waals surface area contributed by atoms with Gasteiger partial charge in [0.1, 0.15) is 0 Å². The van der Waals surface area contributed by atoms with E-state index in [9.17, 15) is 10.2 Å². The third-order valence-electron chi connectivity index (χ3n) is 5.39. The van der Waals surface area contributed by atoms with E-state index in [0.717, 1.165) is 12.8 Å². The molecule has 1 saturated heterocycles. The van der Waals surface area contributed by atoms with Crippen LogP contribution in [0, 0.1) is 5.82 Å². The zero-order valence-electron chi connectivity index (χ0n) is 17.6. The van der Waals surface area contributed by atoms with E-state index in [2.05, 4.69) is 9.64 Å². The van der Waals surface area contributed by atoms with Crippen molar-refractivity contribution in [3.05, 3.63) is 23.0 Å². The summed E-state index contributed by atoms with van der Waals surface area (Å²) in [5.41, 5.74) is 0.759. The maximum Gasteiger partial charge on any atom is 0.409 e. The highest BCUT2D eigenvalue weighted by Crippen LogP contribution is 2.45. The Bertz CT molecular complexity index is 786. The number of aliphatic hydroxyl groups is 5. The average Bonchev–Trinajstić information content (AvgIpc) is 2.60. The molecule has 0 amide bonds. The van der Waals surface area contributed by atoms with E-state index in [4.69, 9.17) is 24.8 Å². The zero-order chi connectivity index (χ0) is 22.5. The monoisotopic (exact) mass is 431 g/mol. The molecule has 2 aliphatic rings. The first-order valence-corrected chi connectivity index (χ1v) is 9.85. The Labute approximate surface area is 174 Å². The molecule has 0 bridgehead atoms. The van der Waals surface area contributed by atoms with Gasteiger partial charge in [-0.05, 0) is 57.2 Å². The second kappa shape index (κ2) is 7.86. The van der Waals surface area contributed by atoms with Crippen molar-refractivity contribution < 1.29 is 44.1 Å². The standard InChI is InChI=1S/C20H30FNO8/c1-18(2,3)29-11-5-6-14-13-9-15(28-4)17(30-20(26,27)19(23,24)25)16(21)12(13)7-8-22(14)10-11/h9,11,14,23-27H,5-8,10H2,1-4H3. The molecule has 170 valence electrons. The molecular weight excluding hydrogens is 401 g/mol. The Morgan fingerprint density at radius 1 is 1.10 bits per heavy atom. The molecule has 0 aromatic heterocycles. The van der Waals surface area contributed by atoms with Crippen molar-refractivity contribution in [1.82, 2.24) is 4.90 Å². The molecule has 0 radical (unpaired) electrons. The second-order valence-corrected chi connectivity index (χ2v) is 8.83. The van der Waals surface area contributed by atoms with Gasteiger partial charge >= 0.3 is 11.9 Å². The number of rotatable bonds is 5. The van der Waals surface area contributed by atoms with Crippen LogP contribution in [0.15, 0.2) is 6.07 Å². The van der Waals surface area contributed by atoms with Gasteiger partial charge in [0.2, 0.25) is 5.75 Å². The maximum absolute atomic E-state index is 15.3. The van der Waals surface area contributed by atoms with Crippen molar-refractivity contribution in [3.63, 3.8) is 0 Å². The fraction of sp³-hybridized carbons (Fsp3) is 0.700. The summed E-state index contributed by atoms with van der Waals surface area (Å²) in [6.07, 6.45) is 1.95. The third kappa shape index (κ3) is 4.54. The smallest absolute Gasteiger partial charge is 0.409 e. The van der Waals surface area contributed by atoms with Gasteiger partial charge in [0.15, 0.2) is 11.6 Å². The van der Waals surface area contributed by atoms with Crippen molar-refractivity contribution in [2.75, 3.05) is 20.2 Å². The van der Waals surface area contributed by atoms with Crippen molar-refractivity contribution >= 4 is 0 Å². The van der Waals surface area contributed by atoms with E-state index in [0.29, 0.717) is 30.6 Å². The van der Waals surface area contributed by atoms with E-state index >= 15 is 4.39 Å². The van der Waals surface area contributed by atoms with Gasteiger partial charge in [-0.15, -0.1) is 0 Å². The Kier molecular flexibility index (Phi) is 6.07. The van der Waals surface area contributed by atoms with Crippen molar-refractivity contribution in [2.45, 2.75) is 69.7 Å². The molecular formula is C20H30FNO8. The predicted molar refractivity (Wildman–Crippen MR) is 102 cm³/mol. The summed E-state index contributed by atoms with van der Waals surface area (Å²) in [7, 11) is 1.24. The zero-order valence-corrected chi connectivity index (χ0v) is 17.6. The van der Waals surface area contributed by atoms with Crippen LogP contribution in [0.3, 0.4) is 0 Å². The van der Waals surface area contributed by atoms with Gasteiger partial charge in [0.05, 0.1) is 18.8 Å². The third-order valence-corrected chi connectivity index (χ3v) is 5.39. The minimum absolute atomic E-state index is 0.0633. The van der Waals surface area contributed by atoms with Crippen LogP contribution in [-0.4, -0.2) is 74.3 Å².